The molecule has 0 bridgehead atoms. The fraction of sp³-hybridized carbons (Fsp3) is 0.375. The van der Waals surface area contributed by atoms with Gasteiger partial charge in [-0.1, -0.05) is 0 Å². The third kappa shape index (κ3) is 3.54. The lowest BCUT2D eigenvalue weighted by atomic mass is 10.1. The highest BCUT2D eigenvalue weighted by Crippen LogP contribution is 2.16. The van der Waals surface area contributed by atoms with Crippen LogP contribution in [0.1, 0.15) is 18.2 Å². The highest BCUT2D eigenvalue weighted by molar-refractivity contribution is 9.10. The van der Waals surface area contributed by atoms with Crippen molar-refractivity contribution >= 4 is 21.8 Å². The van der Waals surface area contributed by atoms with E-state index in [0.29, 0.717) is 4.60 Å². The van der Waals surface area contributed by atoms with Crippen molar-refractivity contribution in [2.45, 2.75) is 18.6 Å². The van der Waals surface area contributed by atoms with Crippen LogP contribution in [-0.4, -0.2) is 32.2 Å². The van der Waals surface area contributed by atoms with Gasteiger partial charge in [0.15, 0.2) is 0 Å². The summed E-state index contributed by atoms with van der Waals surface area (Å²) in [6.45, 7) is 0. The molecule has 0 saturated carbocycles. The van der Waals surface area contributed by atoms with Gasteiger partial charge in [-0.2, -0.15) is 0 Å². The Kier molecular flexibility index (Phi) is 4.13. The van der Waals surface area contributed by atoms with E-state index in [1.807, 2.05) is 0 Å². The van der Waals surface area contributed by atoms with Crippen LogP contribution in [0.4, 0.5) is 0 Å². The molecule has 4 N–H and O–H groups in total. The van der Waals surface area contributed by atoms with Crippen molar-refractivity contribution in [3.63, 3.8) is 0 Å². The molecule has 0 aliphatic carbocycles. The summed E-state index contributed by atoms with van der Waals surface area (Å²) in [5.41, 5.74) is 5.07. The number of primary amides is 1. The first-order valence-electron chi connectivity index (χ1n) is 4.12. The summed E-state index contributed by atoms with van der Waals surface area (Å²) in [7, 11) is 0. The number of carbonyl (C=O) groups excluding carboxylic acids is 1. The summed E-state index contributed by atoms with van der Waals surface area (Å²) in [5, 5.41) is 18.9. The van der Waals surface area contributed by atoms with E-state index in [-0.39, 0.29) is 12.1 Å². The maximum absolute atomic E-state index is 10.5. The molecule has 0 saturated heterocycles. The van der Waals surface area contributed by atoms with E-state index in [1.165, 1.54) is 12.4 Å². The average Bonchev–Trinajstić information content (AvgIpc) is 2.17. The first-order valence-corrected chi connectivity index (χ1v) is 4.92. The van der Waals surface area contributed by atoms with E-state index in [0.717, 1.165) is 0 Å². The molecule has 6 nitrogen and oxygen atoms in total. The number of aliphatic hydroxyl groups excluding tert-OH is 2. The van der Waals surface area contributed by atoms with Crippen molar-refractivity contribution in [3.05, 3.63) is 22.7 Å². The molecule has 2 atom stereocenters. The Hall–Kier alpha value is -1.05. The van der Waals surface area contributed by atoms with Gasteiger partial charge in [0.2, 0.25) is 5.91 Å². The molecular weight excluding hydrogens is 266 g/mol. The number of aliphatic hydroxyl groups is 2. The van der Waals surface area contributed by atoms with E-state index in [2.05, 4.69) is 25.9 Å². The number of halogens is 1. The highest BCUT2D eigenvalue weighted by Gasteiger charge is 2.21. The molecule has 1 amide bonds. The quantitative estimate of drug-likeness (QED) is 0.687. The van der Waals surface area contributed by atoms with Crippen LogP contribution in [0.15, 0.2) is 17.0 Å². The van der Waals surface area contributed by atoms with Gasteiger partial charge in [0, 0.05) is 0 Å². The summed E-state index contributed by atoms with van der Waals surface area (Å²) >= 11 is 3.08. The maximum atomic E-state index is 10.5. The first-order chi connectivity index (χ1) is 7.00. The standard InChI is InChI=1S/C8H10BrN3O3/c9-6-3-11-4(2-12-6)8(15)5(13)1-7(10)14/h2-3,5,8,13,15H,1H2,(H2,10,14). The van der Waals surface area contributed by atoms with Crippen LogP contribution in [0.2, 0.25) is 0 Å². The number of nitrogens with zero attached hydrogens (tertiary/aromatic N) is 2. The summed E-state index contributed by atoms with van der Waals surface area (Å²) in [6.07, 6.45) is -0.163. The largest absolute Gasteiger partial charge is 0.389 e. The lowest BCUT2D eigenvalue weighted by Gasteiger charge is -2.15. The van der Waals surface area contributed by atoms with Crippen LogP contribution in [0, 0.1) is 0 Å². The van der Waals surface area contributed by atoms with Crippen molar-refractivity contribution in [2.75, 3.05) is 0 Å². The van der Waals surface area contributed by atoms with Crippen molar-refractivity contribution in [3.8, 4) is 0 Å². The second-order valence-electron chi connectivity index (χ2n) is 2.95. The average molecular weight is 276 g/mol. The second kappa shape index (κ2) is 5.15. The molecule has 1 heterocycles. The fourth-order valence-corrected chi connectivity index (χ4v) is 1.19. The molecule has 0 spiro atoms. The van der Waals surface area contributed by atoms with E-state index in [4.69, 9.17) is 5.73 Å². The van der Waals surface area contributed by atoms with Crippen molar-refractivity contribution in [2.24, 2.45) is 5.73 Å². The monoisotopic (exact) mass is 275 g/mol. The molecule has 0 aliphatic heterocycles. The number of amides is 1. The zero-order valence-electron chi connectivity index (χ0n) is 7.67. The molecule has 2 unspecified atom stereocenters. The minimum absolute atomic E-state index is 0.187. The van der Waals surface area contributed by atoms with Gasteiger partial charge in [0.1, 0.15) is 10.7 Å². The summed E-state index contributed by atoms with van der Waals surface area (Å²) in [5.74, 6) is -0.688. The zero-order chi connectivity index (χ0) is 11.4. The van der Waals surface area contributed by atoms with Gasteiger partial charge >= 0.3 is 0 Å². The fourth-order valence-electron chi connectivity index (χ4n) is 0.990. The van der Waals surface area contributed by atoms with Crippen LogP contribution in [0.25, 0.3) is 0 Å². The van der Waals surface area contributed by atoms with Gasteiger partial charge in [0.25, 0.3) is 0 Å². The predicted molar refractivity (Wildman–Crippen MR) is 54.5 cm³/mol. The summed E-state index contributed by atoms with van der Waals surface area (Å²) < 4.78 is 0.517. The molecular formula is C8H10BrN3O3. The molecule has 0 aromatic carbocycles. The Balaban J connectivity index is 2.71. The molecule has 1 aromatic heterocycles. The van der Waals surface area contributed by atoms with Gasteiger partial charge in [-0.3, -0.25) is 9.78 Å². The number of rotatable bonds is 4. The zero-order valence-corrected chi connectivity index (χ0v) is 9.25. The Bertz CT molecular complexity index is 343. The van der Waals surface area contributed by atoms with Crippen molar-refractivity contribution < 1.29 is 15.0 Å². The Morgan fingerprint density at radius 3 is 2.60 bits per heavy atom. The minimum Gasteiger partial charge on any atom is -0.389 e. The van der Waals surface area contributed by atoms with Crippen molar-refractivity contribution in [1.29, 1.82) is 0 Å². The number of hydrogen-bond donors (Lipinski definition) is 3. The predicted octanol–water partition coefficient (Wildman–Crippen LogP) is -0.491. The highest BCUT2D eigenvalue weighted by atomic mass is 79.9. The SMILES string of the molecule is NC(=O)CC(O)C(O)c1cnc(Br)cn1. The lowest BCUT2D eigenvalue weighted by molar-refractivity contribution is -0.121. The maximum Gasteiger partial charge on any atom is 0.220 e. The van der Waals surface area contributed by atoms with Crippen LogP contribution >= 0.6 is 15.9 Å². The second-order valence-corrected chi connectivity index (χ2v) is 3.76. The van der Waals surface area contributed by atoms with Gasteiger partial charge in [-0.25, -0.2) is 4.98 Å². The van der Waals surface area contributed by atoms with E-state index < -0.39 is 18.1 Å². The Morgan fingerprint density at radius 1 is 1.47 bits per heavy atom. The third-order valence-corrected chi connectivity index (χ3v) is 2.13. The van der Waals surface area contributed by atoms with Gasteiger partial charge < -0.3 is 15.9 Å². The molecule has 1 rings (SSSR count). The smallest absolute Gasteiger partial charge is 0.220 e. The van der Waals surface area contributed by atoms with E-state index in [9.17, 15) is 15.0 Å². The third-order valence-electron chi connectivity index (χ3n) is 1.72. The molecule has 0 aliphatic rings. The van der Waals surface area contributed by atoms with Crippen LogP contribution in [0.3, 0.4) is 0 Å². The van der Waals surface area contributed by atoms with Gasteiger partial charge in [-0.15, -0.1) is 0 Å². The Labute approximate surface area is 94.3 Å². The molecule has 0 fully saturated rings. The lowest BCUT2D eigenvalue weighted by Crippen LogP contribution is -2.26. The topological polar surface area (TPSA) is 109 Å². The number of hydrogen-bond acceptors (Lipinski definition) is 5. The van der Waals surface area contributed by atoms with Gasteiger partial charge in [0.05, 0.1) is 30.6 Å². The Morgan fingerprint density at radius 2 is 2.13 bits per heavy atom. The van der Waals surface area contributed by atoms with Crippen LogP contribution < -0.4 is 5.73 Å². The normalized spacial score (nSPS) is 14.6. The molecule has 15 heavy (non-hydrogen) atoms. The van der Waals surface area contributed by atoms with E-state index >= 15 is 0 Å². The molecule has 1 aromatic rings. The van der Waals surface area contributed by atoms with E-state index in [1.54, 1.807) is 0 Å². The molecule has 7 heteroatoms. The summed E-state index contributed by atoms with van der Waals surface area (Å²) in [4.78, 5) is 18.2. The first kappa shape index (κ1) is 12.0. The van der Waals surface area contributed by atoms with Crippen molar-refractivity contribution in [1.82, 2.24) is 9.97 Å². The van der Waals surface area contributed by atoms with Gasteiger partial charge in [-0.05, 0) is 15.9 Å². The van der Waals surface area contributed by atoms with Crippen LogP contribution in [-0.2, 0) is 4.79 Å². The van der Waals surface area contributed by atoms with Crippen LogP contribution in [0.5, 0.6) is 0 Å². The number of carbonyl (C=O) groups is 1. The number of nitrogens with two attached hydrogens (primary N) is 1. The summed E-state index contributed by atoms with van der Waals surface area (Å²) in [6, 6.07) is 0. The number of aromatic nitrogens is 2. The molecule has 0 radical (unpaired) electrons. The minimum atomic E-state index is -1.27. The molecule has 82 valence electrons.